The van der Waals surface area contributed by atoms with Gasteiger partial charge in [-0.1, -0.05) is 13.8 Å². The summed E-state index contributed by atoms with van der Waals surface area (Å²) in [6.45, 7) is 3.47. The van der Waals surface area contributed by atoms with Gasteiger partial charge in [-0.3, -0.25) is 9.59 Å². The molecule has 1 aliphatic carbocycles. The normalized spacial score (nSPS) is 20.5. The number of esters is 1. The minimum absolute atomic E-state index is 0.0921. The zero-order valence-electron chi connectivity index (χ0n) is 14.9. The number of nitrogens with one attached hydrogen (secondary N) is 2. The molecular weight excluding hydrogens is 340 g/mol. The summed E-state index contributed by atoms with van der Waals surface area (Å²) in [5.41, 5.74) is 0.308. The number of benzene rings is 1. The molecule has 1 heterocycles. The van der Waals surface area contributed by atoms with Crippen molar-refractivity contribution in [3.63, 3.8) is 0 Å². The molecule has 1 aliphatic rings. The first-order valence-electron chi connectivity index (χ1n) is 8.04. The molecule has 0 radical (unpaired) electrons. The minimum atomic E-state index is -1.01. The van der Waals surface area contributed by atoms with E-state index in [1.807, 2.05) is 0 Å². The number of carboxylic acids is 1. The van der Waals surface area contributed by atoms with E-state index in [0.717, 1.165) is 0 Å². The number of aromatic amines is 1. The van der Waals surface area contributed by atoms with E-state index in [1.54, 1.807) is 32.0 Å². The Labute approximate surface area is 149 Å². The molecule has 1 fully saturated rings. The number of hydrogen-bond acceptors (Lipinski definition) is 5. The molecule has 0 aliphatic heterocycles. The fraction of sp³-hybridized carbons (Fsp3) is 0.389. The van der Waals surface area contributed by atoms with Gasteiger partial charge in [0.05, 0.1) is 37.3 Å². The first-order chi connectivity index (χ1) is 12.2. The van der Waals surface area contributed by atoms with Crippen molar-refractivity contribution < 1.29 is 29.0 Å². The number of amides is 1. The molecule has 0 spiro atoms. The van der Waals surface area contributed by atoms with Gasteiger partial charge in [0.2, 0.25) is 5.91 Å². The summed E-state index contributed by atoms with van der Waals surface area (Å²) in [7, 11) is 2.76. The summed E-state index contributed by atoms with van der Waals surface area (Å²) in [5, 5.41) is 12.6. The van der Waals surface area contributed by atoms with Crippen molar-refractivity contribution in [2.75, 3.05) is 19.5 Å². The zero-order chi connectivity index (χ0) is 19.2. The Morgan fingerprint density at radius 2 is 1.88 bits per heavy atom. The molecule has 8 heteroatoms. The van der Waals surface area contributed by atoms with E-state index >= 15 is 0 Å². The molecule has 0 saturated heterocycles. The van der Waals surface area contributed by atoms with Crippen LogP contribution in [0.3, 0.4) is 0 Å². The lowest BCUT2D eigenvalue weighted by Crippen LogP contribution is -2.19. The van der Waals surface area contributed by atoms with Crippen molar-refractivity contribution in [2.24, 2.45) is 17.3 Å². The van der Waals surface area contributed by atoms with Crippen LogP contribution in [0.25, 0.3) is 10.9 Å². The van der Waals surface area contributed by atoms with Gasteiger partial charge in [0, 0.05) is 11.5 Å². The third-order valence-corrected chi connectivity index (χ3v) is 5.02. The first kappa shape index (κ1) is 17.8. The SMILES string of the molecule is COC(=O)c1[nH]c2cc(OC)ccc2c1NC(=O)[C@@H]1[C@H](C(=O)O)C1(C)C. The lowest BCUT2D eigenvalue weighted by molar-refractivity contribution is -0.140. The number of rotatable bonds is 5. The lowest BCUT2D eigenvalue weighted by atomic mass is 10.1. The molecule has 26 heavy (non-hydrogen) atoms. The largest absolute Gasteiger partial charge is 0.497 e. The molecule has 0 bridgehead atoms. The number of hydrogen-bond donors (Lipinski definition) is 3. The van der Waals surface area contributed by atoms with Crippen LogP contribution in [-0.4, -0.2) is 42.2 Å². The third kappa shape index (κ3) is 2.67. The number of anilines is 1. The maximum atomic E-state index is 12.7. The monoisotopic (exact) mass is 360 g/mol. The van der Waals surface area contributed by atoms with Crippen LogP contribution in [0, 0.1) is 17.3 Å². The van der Waals surface area contributed by atoms with Crippen LogP contribution in [0.5, 0.6) is 5.75 Å². The van der Waals surface area contributed by atoms with Gasteiger partial charge in [-0.25, -0.2) is 4.79 Å². The number of methoxy groups -OCH3 is 2. The number of aliphatic carboxylic acids is 1. The molecule has 1 saturated carbocycles. The Morgan fingerprint density at radius 3 is 2.42 bits per heavy atom. The van der Waals surface area contributed by atoms with Gasteiger partial charge in [0.15, 0.2) is 0 Å². The highest BCUT2D eigenvalue weighted by atomic mass is 16.5. The van der Waals surface area contributed by atoms with Crippen LogP contribution < -0.4 is 10.1 Å². The van der Waals surface area contributed by atoms with Crippen molar-refractivity contribution in [3.8, 4) is 5.75 Å². The Balaban J connectivity index is 2.00. The second-order valence-corrected chi connectivity index (χ2v) is 6.88. The van der Waals surface area contributed by atoms with Gasteiger partial charge in [-0.15, -0.1) is 0 Å². The van der Waals surface area contributed by atoms with E-state index in [2.05, 4.69) is 10.3 Å². The second kappa shape index (κ2) is 6.05. The van der Waals surface area contributed by atoms with Crippen LogP contribution in [0.1, 0.15) is 24.3 Å². The number of ether oxygens (including phenoxy) is 2. The van der Waals surface area contributed by atoms with Crippen LogP contribution >= 0.6 is 0 Å². The predicted molar refractivity (Wildman–Crippen MR) is 93.2 cm³/mol. The van der Waals surface area contributed by atoms with Gasteiger partial charge in [0.25, 0.3) is 0 Å². The summed E-state index contributed by atoms with van der Waals surface area (Å²) in [6, 6.07) is 5.10. The minimum Gasteiger partial charge on any atom is -0.497 e. The van der Waals surface area contributed by atoms with Gasteiger partial charge >= 0.3 is 11.9 Å². The maximum Gasteiger partial charge on any atom is 0.356 e. The second-order valence-electron chi connectivity index (χ2n) is 6.88. The molecular formula is C18H20N2O6. The molecule has 8 nitrogen and oxygen atoms in total. The fourth-order valence-corrected chi connectivity index (χ4v) is 3.48. The highest BCUT2D eigenvalue weighted by Crippen LogP contribution is 2.58. The van der Waals surface area contributed by atoms with Crippen molar-refractivity contribution in [3.05, 3.63) is 23.9 Å². The molecule has 138 valence electrons. The summed E-state index contributed by atoms with van der Waals surface area (Å²) in [4.78, 5) is 39.0. The summed E-state index contributed by atoms with van der Waals surface area (Å²) >= 11 is 0. The summed E-state index contributed by atoms with van der Waals surface area (Å²) < 4.78 is 9.94. The van der Waals surface area contributed by atoms with Gasteiger partial charge < -0.3 is 24.9 Å². The average Bonchev–Trinajstić information content (AvgIpc) is 3.02. The molecule has 1 aromatic heterocycles. The number of carboxylic acid groups (broad SMARTS) is 1. The van der Waals surface area contributed by atoms with E-state index < -0.39 is 35.1 Å². The Morgan fingerprint density at radius 1 is 1.19 bits per heavy atom. The smallest absolute Gasteiger partial charge is 0.356 e. The maximum absolute atomic E-state index is 12.7. The number of aromatic nitrogens is 1. The van der Waals surface area contributed by atoms with E-state index in [0.29, 0.717) is 16.7 Å². The molecule has 2 aromatic rings. The van der Waals surface area contributed by atoms with Crippen LogP contribution in [0.4, 0.5) is 5.69 Å². The van der Waals surface area contributed by atoms with Crippen molar-refractivity contribution in [2.45, 2.75) is 13.8 Å². The number of carbonyl (C=O) groups excluding carboxylic acids is 2. The number of carbonyl (C=O) groups is 3. The molecule has 1 amide bonds. The Hall–Kier alpha value is -3.03. The van der Waals surface area contributed by atoms with Crippen molar-refractivity contribution >= 4 is 34.4 Å². The van der Waals surface area contributed by atoms with Crippen LogP contribution in [0.15, 0.2) is 18.2 Å². The highest BCUT2D eigenvalue weighted by Gasteiger charge is 2.66. The van der Waals surface area contributed by atoms with Crippen molar-refractivity contribution in [1.82, 2.24) is 4.98 Å². The third-order valence-electron chi connectivity index (χ3n) is 5.02. The van der Waals surface area contributed by atoms with Gasteiger partial charge in [-0.05, 0) is 17.5 Å². The van der Waals surface area contributed by atoms with Crippen molar-refractivity contribution in [1.29, 1.82) is 0 Å². The van der Waals surface area contributed by atoms with Crippen LogP contribution in [-0.2, 0) is 14.3 Å². The van der Waals surface area contributed by atoms with E-state index in [4.69, 9.17) is 9.47 Å². The van der Waals surface area contributed by atoms with E-state index in [-0.39, 0.29) is 11.4 Å². The standard InChI is InChI=1S/C18H20N2O6/c1-18(2)11(12(18)16(22)23)15(21)20-13-9-6-5-8(25-3)7-10(9)19-14(13)17(24)26-4/h5-7,11-12,19H,1-4H3,(H,20,21)(H,22,23)/t11-,12+/m0/s1. The molecule has 2 atom stereocenters. The van der Waals surface area contributed by atoms with Gasteiger partial charge in [0.1, 0.15) is 11.4 Å². The lowest BCUT2D eigenvalue weighted by Gasteiger charge is -2.07. The zero-order valence-corrected chi connectivity index (χ0v) is 14.9. The summed E-state index contributed by atoms with van der Waals surface area (Å²) in [5.74, 6) is -2.93. The fourth-order valence-electron chi connectivity index (χ4n) is 3.48. The van der Waals surface area contributed by atoms with Crippen LogP contribution in [0.2, 0.25) is 0 Å². The predicted octanol–water partition coefficient (Wildman–Crippen LogP) is 2.26. The topological polar surface area (TPSA) is 118 Å². The quantitative estimate of drug-likeness (QED) is 0.704. The Kier molecular flexibility index (Phi) is 4.14. The molecule has 1 aromatic carbocycles. The Bertz CT molecular complexity index is 914. The first-order valence-corrected chi connectivity index (χ1v) is 8.04. The molecule has 0 unspecified atom stereocenters. The molecule has 3 rings (SSSR count). The number of H-pyrrole nitrogens is 1. The van der Waals surface area contributed by atoms with E-state index in [1.165, 1.54) is 14.2 Å². The van der Waals surface area contributed by atoms with E-state index in [9.17, 15) is 19.5 Å². The van der Waals surface area contributed by atoms with Gasteiger partial charge in [-0.2, -0.15) is 0 Å². The molecule has 3 N–H and O–H groups in total. The number of fused-ring (bicyclic) bond motifs is 1. The average molecular weight is 360 g/mol. The highest BCUT2D eigenvalue weighted by molar-refractivity contribution is 6.12. The summed E-state index contributed by atoms with van der Waals surface area (Å²) in [6.07, 6.45) is 0.